The normalized spacial score (nSPS) is 14.8. The fourth-order valence-corrected chi connectivity index (χ4v) is 18.7. The van der Waals surface area contributed by atoms with Crippen LogP contribution in [0.1, 0.15) is 223 Å². The third-order valence-electron chi connectivity index (χ3n) is 25.8. The zero-order chi connectivity index (χ0) is 102. The summed E-state index contributed by atoms with van der Waals surface area (Å²) in [5.41, 5.74) is 29.4. The number of nitrogens with two attached hydrogens (primary N) is 2. The number of halogens is 5. The summed E-state index contributed by atoms with van der Waals surface area (Å²) in [5.74, 6) is 10.8. The number of hydrogen-bond donors (Lipinski definition) is 14. The average molecular weight is 2040 g/mol. The number of anilines is 16. The van der Waals surface area contributed by atoms with Gasteiger partial charge in [0, 0.05) is 82.0 Å². The van der Waals surface area contributed by atoms with Gasteiger partial charge >= 0.3 is 0 Å². The second-order valence-electron chi connectivity index (χ2n) is 37.7. The number of carbonyl (C=O) groups is 2. The van der Waals surface area contributed by atoms with Crippen LogP contribution in [0, 0.1) is 68.1 Å². The van der Waals surface area contributed by atoms with E-state index in [9.17, 15) is 9.59 Å². The zero-order valence-corrected chi connectivity index (χ0v) is 86.6. The first-order valence-electron chi connectivity index (χ1n) is 48.3. The Kier molecular flexibility index (Phi) is 35.0. The Morgan fingerprint density at radius 1 is 0.403 bits per heavy atom. The van der Waals surface area contributed by atoms with Crippen molar-refractivity contribution in [2.24, 2.45) is 11.5 Å². The van der Waals surface area contributed by atoms with Gasteiger partial charge in [-0.05, 0) is 276 Å². The number of piperidine rings is 4. The SMILES string of the molecule is CCc1cc(Nc2ncc(Cl)c(Nc3cc(C)[nH]n3)n2)c(C)cc1C1CCN(CC(N)=O)CC1.COc1cc(Nc2ncc(Cl)c(Nc3cc(C)[nH]n3)n2)c(C)cc1C1CCN(CC(N)=O)CC1.Cc1cc(Nc2nc(Nc3cc(C)c(C4CCN(Cc5nc(C(C)C)no5)CC4)cc3C)ncc2Cl)n[nH]1.Cc1cc(Nc2nc(Nc3cc(C)c(C4CCN(Cc5nc(C(C)C)no5)CC4)cc3F)ncc2Cl)n[nH]1. The number of aromatic nitrogens is 20. The molecule has 39 nitrogen and oxygen atoms in total. The maximum atomic E-state index is 15.2. The van der Waals surface area contributed by atoms with Crippen LogP contribution in [-0.4, -0.2) is 205 Å². The lowest BCUT2D eigenvalue weighted by molar-refractivity contribution is -0.120. The van der Waals surface area contributed by atoms with E-state index in [2.05, 4.69) is 235 Å². The molecule has 4 aliphatic heterocycles. The van der Waals surface area contributed by atoms with Crippen molar-refractivity contribution in [3.05, 3.63) is 225 Å². The second kappa shape index (κ2) is 48.2. The Morgan fingerprint density at radius 2 is 0.708 bits per heavy atom. The molecule has 14 aromatic rings. The van der Waals surface area contributed by atoms with E-state index in [1.807, 2.05) is 91.8 Å². The van der Waals surface area contributed by atoms with E-state index in [4.69, 9.17) is 71.7 Å². The third kappa shape index (κ3) is 28.1. The number of aryl methyl sites for hydroxylation is 10. The van der Waals surface area contributed by atoms with E-state index in [0.717, 1.165) is 201 Å². The number of likely N-dealkylation sites (tertiary alicyclic amines) is 4. The molecule has 760 valence electrons. The Morgan fingerprint density at radius 3 is 1.03 bits per heavy atom. The fourth-order valence-electron chi connectivity index (χ4n) is 18.1. The Balaban J connectivity index is 0.000000145. The van der Waals surface area contributed by atoms with Gasteiger partial charge in [-0.1, -0.05) is 110 Å². The molecule has 0 atom stereocenters. The van der Waals surface area contributed by atoms with Crippen molar-refractivity contribution >= 4 is 151 Å². The molecule has 18 rings (SSSR count). The van der Waals surface area contributed by atoms with E-state index in [-0.39, 0.29) is 41.3 Å². The molecule has 0 unspecified atom stereocenters. The van der Waals surface area contributed by atoms with Gasteiger partial charge in [-0.3, -0.25) is 49.6 Å². The highest BCUT2D eigenvalue weighted by Gasteiger charge is 2.31. The Labute approximate surface area is 855 Å². The Hall–Kier alpha value is -13.6. The molecule has 16 N–H and O–H groups in total. The van der Waals surface area contributed by atoms with Crippen molar-refractivity contribution in [3.8, 4) is 5.75 Å². The standard InChI is InChI=1S/C27H34ClN9O.C26H31ClFN9O.C24H31ClN8O.C23H29ClN8O2/c1-15(2)25-32-24(38-36-25)14-37-8-6-19(7-9-37)20-10-17(4)22(11-16(20)3)30-27-29-13-21(28)26(33-27)31-23-12-18(5)34-35-23;1-14(2)24-32-23(38-36-24)13-37-7-5-17(6-8-37)18-11-20(28)21(9-15(18)3)30-26-29-12-19(27)25(33-26)31-22-10-16(4)34-35-22;1-4-16-11-20(14(2)9-18(16)17-5-7-33(8-6-17)13-21(26)34)28-24-27-12-19(25)23(30-24)29-22-10-15(3)31-32-22;1-13-8-16(15-4-6-32(7-5-15)12-20(25)33)19(34-3)10-18(13)27-23-26-11-17(24)22(29-23)28-21-9-14(2)30-31-21/h10-13,15,19H,6-9,14H2,1-5H3,(H3,29,30,31,33,34,35);9-12,14,17H,5-8,13H2,1-4H3,(H3,29,30,31,33,34,35);9-12,17H,4-8,13H2,1-3H3,(H2,26,34)(H3,27,28,29,30,31,32);8-11,15H,4-7,12H2,1-3H3,(H2,25,33)(H3,26,27,28,29,30,31). The molecule has 0 radical (unpaired) electrons. The highest BCUT2D eigenvalue weighted by atomic mass is 35.5. The molecule has 44 heteroatoms. The predicted molar refractivity (Wildman–Crippen MR) is 560 cm³/mol. The fraction of sp³-hybridized carbons (Fsp3) is 0.420. The second-order valence-corrected chi connectivity index (χ2v) is 39.3. The van der Waals surface area contributed by atoms with Crippen LogP contribution in [0.4, 0.5) is 97.5 Å². The van der Waals surface area contributed by atoms with E-state index >= 15 is 4.39 Å². The van der Waals surface area contributed by atoms with Crippen LogP contribution in [0.2, 0.25) is 20.1 Å². The van der Waals surface area contributed by atoms with Crippen LogP contribution in [0.25, 0.3) is 0 Å². The maximum Gasteiger partial charge on any atom is 0.240 e. The smallest absolute Gasteiger partial charge is 0.240 e. The van der Waals surface area contributed by atoms with Gasteiger partial charge < -0.3 is 67.8 Å². The van der Waals surface area contributed by atoms with Crippen molar-refractivity contribution in [2.45, 2.75) is 203 Å². The Bertz CT molecular complexity index is 6350. The number of aromatic amines is 4. The largest absolute Gasteiger partial charge is 0.496 e. The van der Waals surface area contributed by atoms with Gasteiger partial charge in [-0.15, -0.1) is 0 Å². The van der Waals surface area contributed by atoms with E-state index in [1.165, 1.54) is 28.5 Å². The molecular weight excluding hydrogens is 1920 g/mol. The number of amides is 2. The van der Waals surface area contributed by atoms with Crippen molar-refractivity contribution in [2.75, 3.05) is 115 Å². The number of rotatable bonds is 32. The number of hydrogen-bond acceptors (Lipinski definition) is 33. The molecule has 2 amide bonds. The lowest BCUT2D eigenvalue weighted by Gasteiger charge is -2.32. The first-order valence-corrected chi connectivity index (χ1v) is 49.8. The van der Waals surface area contributed by atoms with Gasteiger partial charge in [-0.2, -0.15) is 50.3 Å². The zero-order valence-electron chi connectivity index (χ0n) is 83.6. The number of ether oxygens (including phenoxy) is 1. The van der Waals surface area contributed by atoms with Crippen LogP contribution >= 0.6 is 46.4 Å². The van der Waals surface area contributed by atoms with E-state index < -0.39 is 0 Å². The van der Waals surface area contributed by atoms with Gasteiger partial charge in [0.1, 0.15) is 31.7 Å². The minimum absolute atomic E-state index is 0.227. The summed E-state index contributed by atoms with van der Waals surface area (Å²) in [7, 11) is 1.67. The number of benzene rings is 4. The van der Waals surface area contributed by atoms with Crippen LogP contribution in [0.5, 0.6) is 5.75 Å². The van der Waals surface area contributed by atoms with Crippen molar-refractivity contribution in [1.82, 2.24) is 121 Å². The van der Waals surface area contributed by atoms with Crippen molar-refractivity contribution in [3.63, 3.8) is 0 Å². The van der Waals surface area contributed by atoms with Gasteiger partial charge in [-0.25, -0.2) is 24.3 Å². The van der Waals surface area contributed by atoms with E-state index in [1.54, 1.807) is 31.8 Å². The van der Waals surface area contributed by atoms with Crippen LogP contribution in [0.15, 0.2) is 107 Å². The number of methoxy groups -OCH3 is 1. The van der Waals surface area contributed by atoms with Gasteiger partial charge in [0.15, 0.2) is 58.2 Å². The first-order chi connectivity index (χ1) is 69.1. The summed E-state index contributed by atoms with van der Waals surface area (Å²) in [5, 5.41) is 63.2. The van der Waals surface area contributed by atoms with Gasteiger partial charge in [0.2, 0.25) is 47.4 Å². The molecular formula is C100H125Cl4FN34O5. The number of nitrogens with zero attached hydrogens (tertiary/aromatic N) is 20. The van der Waals surface area contributed by atoms with Crippen LogP contribution in [-0.2, 0) is 29.1 Å². The molecule has 0 bridgehead atoms. The summed E-state index contributed by atoms with van der Waals surface area (Å²) in [6.07, 6.45) is 15.1. The molecule has 144 heavy (non-hydrogen) atoms. The van der Waals surface area contributed by atoms with Crippen LogP contribution in [0.3, 0.4) is 0 Å². The number of H-pyrrole nitrogens is 4. The molecule has 4 aliphatic rings. The predicted octanol–water partition coefficient (Wildman–Crippen LogP) is 19.9. The summed E-state index contributed by atoms with van der Waals surface area (Å²) in [4.78, 5) is 75.7. The number of carbonyl (C=O) groups excluding carboxylic acids is 2. The molecule has 4 fully saturated rings. The molecule has 0 spiro atoms. The summed E-state index contributed by atoms with van der Waals surface area (Å²) >= 11 is 25.1. The molecule has 0 saturated carbocycles. The first kappa shape index (κ1) is 105. The van der Waals surface area contributed by atoms with Gasteiger partial charge in [0.05, 0.1) is 63.8 Å². The average Bonchev–Trinajstić information content (AvgIpc) is 1.22. The summed E-state index contributed by atoms with van der Waals surface area (Å²) in [6, 6.07) is 24.0. The quantitative estimate of drug-likeness (QED) is 0.0186. The third-order valence-corrected chi connectivity index (χ3v) is 26.9. The minimum atomic E-state index is -0.351. The van der Waals surface area contributed by atoms with Gasteiger partial charge in [0.25, 0.3) is 0 Å². The molecule has 4 saturated heterocycles. The number of nitrogens with one attached hydrogen (secondary N) is 12. The van der Waals surface area contributed by atoms with Crippen molar-refractivity contribution in [1.29, 1.82) is 0 Å². The van der Waals surface area contributed by atoms with Crippen molar-refractivity contribution < 1.29 is 27.8 Å². The molecule has 0 aliphatic carbocycles. The van der Waals surface area contributed by atoms with E-state index in [0.29, 0.717) is 146 Å². The molecule has 14 heterocycles. The maximum absolute atomic E-state index is 15.2. The highest BCUT2D eigenvalue weighted by Crippen LogP contribution is 2.43. The highest BCUT2D eigenvalue weighted by molar-refractivity contribution is 6.34. The summed E-state index contributed by atoms with van der Waals surface area (Å²) < 4.78 is 31.8. The number of primary amides is 2. The molecule has 4 aromatic carbocycles. The monoisotopic (exact) mass is 2040 g/mol. The lowest BCUT2D eigenvalue weighted by atomic mass is 9.84. The lowest BCUT2D eigenvalue weighted by Crippen LogP contribution is -2.39. The van der Waals surface area contributed by atoms with Crippen LogP contribution < -0.4 is 58.7 Å². The molecule has 10 aromatic heterocycles. The topological polar surface area (TPSA) is 500 Å². The summed E-state index contributed by atoms with van der Waals surface area (Å²) in [6.45, 7) is 37.7. The minimum Gasteiger partial charge on any atom is -0.496 e.